The van der Waals surface area contributed by atoms with E-state index < -0.39 is 18.2 Å². The summed E-state index contributed by atoms with van der Waals surface area (Å²) >= 11 is 0. The maximum Gasteiger partial charge on any atom is 0.573 e. The first-order chi connectivity index (χ1) is 14.3. The average Bonchev–Trinajstić information content (AvgIpc) is 3.22. The highest BCUT2D eigenvalue weighted by Gasteiger charge is 2.32. The molecule has 1 aliphatic rings. The molecule has 0 bridgehead atoms. The van der Waals surface area contributed by atoms with Crippen LogP contribution in [-0.4, -0.2) is 30.9 Å². The van der Waals surface area contributed by atoms with Crippen molar-refractivity contribution in [3.8, 4) is 5.75 Å². The van der Waals surface area contributed by atoms with Gasteiger partial charge in [0.15, 0.2) is 11.7 Å². The Labute approximate surface area is 171 Å². The van der Waals surface area contributed by atoms with E-state index in [2.05, 4.69) is 20.4 Å². The standard InChI is InChI=1S/C20H21F3N4O3/c21-20(22,23)30-16-8-2-1-7-15(16)27-19(24)25-12-13-5-3-6-14(11-13)26-18(28)17-9-4-10-29-17/h1-3,5-8,11,17H,4,9-10,12H2,(H,26,28)(H3,24,25,27). The molecule has 7 nitrogen and oxygen atoms in total. The SMILES string of the molecule is NC(=NCc1cccc(NC(=O)C2CCCO2)c1)Nc1ccccc1OC(F)(F)F. The molecule has 1 amide bonds. The summed E-state index contributed by atoms with van der Waals surface area (Å²) in [6.07, 6.45) is -3.71. The van der Waals surface area contributed by atoms with Gasteiger partial charge in [0, 0.05) is 12.3 Å². The van der Waals surface area contributed by atoms with Crippen LogP contribution in [0, 0.1) is 0 Å². The van der Waals surface area contributed by atoms with Crippen LogP contribution in [-0.2, 0) is 16.1 Å². The van der Waals surface area contributed by atoms with Crippen molar-refractivity contribution in [1.82, 2.24) is 0 Å². The van der Waals surface area contributed by atoms with E-state index in [1.807, 2.05) is 0 Å². The summed E-state index contributed by atoms with van der Waals surface area (Å²) in [6, 6.07) is 12.5. The van der Waals surface area contributed by atoms with Gasteiger partial charge in [0.2, 0.25) is 0 Å². The third-order valence-corrected chi connectivity index (χ3v) is 4.22. The van der Waals surface area contributed by atoms with Crippen molar-refractivity contribution < 1.29 is 27.4 Å². The second-order valence-electron chi connectivity index (χ2n) is 6.56. The van der Waals surface area contributed by atoms with Gasteiger partial charge in [-0.1, -0.05) is 24.3 Å². The highest BCUT2D eigenvalue weighted by Crippen LogP contribution is 2.29. The molecule has 1 fully saturated rings. The van der Waals surface area contributed by atoms with E-state index >= 15 is 0 Å². The second kappa shape index (κ2) is 9.49. The number of hydrogen-bond acceptors (Lipinski definition) is 4. The number of benzene rings is 2. The quantitative estimate of drug-likeness (QED) is 0.488. The van der Waals surface area contributed by atoms with Gasteiger partial charge < -0.3 is 25.8 Å². The Bertz CT molecular complexity index is 912. The zero-order valence-electron chi connectivity index (χ0n) is 15.9. The third kappa shape index (κ3) is 6.38. The van der Waals surface area contributed by atoms with E-state index in [-0.39, 0.29) is 24.1 Å². The zero-order valence-corrected chi connectivity index (χ0v) is 15.9. The molecule has 0 spiro atoms. The number of carbonyl (C=O) groups is 1. The highest BCUT2D eigenvalue weighted by molar-refractivity contribution is 5.94. The molecule has 1 heterocycles. The number of halogens is 3. The topological polar surface area (TPSA) is 98.0 Å². The fourth-order valence-electron chi connectivity index (χ4n) is 2.89. The fourth-order valence-corrected chi connectivity index (χ4v) is 2.89. The van der Waals surface area contributed by atoms with Gasteiger partial charge in [-0.15, -0.1) is 13.2 Å². The fraction of sp³-hybridized carbons (Fsp3) is 0.300. The first-order valence-corrected chi connectivity index (χ1v) is 9.23. The van der Waals surface area contributed by atoms with Crippen molar-refractivity contribution in [2.45, 2.75) is 31.9 Å². The summed E-state index contributed by atoms with van der Waals surface area (Å²) in [4.78, 5) is 16.3. The van der Waals surface area contributed by atoms with Crippen LogP contribution in [0.3, 0.4) is 0 Å². The monoisotopic (exact) mass is 422 g/mol. The summed E-state index contributed by atoms with van der Waals surface area (Å²) in [7, 11) is 0. The van der Waals surface area contributed by atoms with Gasteiger partial charge in [0.1, 0.15) is 6.10 Å². The van der Waals surface area contributed by atoms with Crippen molar-refractivity contribution in [1.29, 1.82) is 0 Å². The number of aliphatic imine (C=N–C) groups is 1. The minimum Gasteiger partial charge on any atom is -0.404 e. The lowest BCUT2D eigenvalue weighted by Gasteiger charge is -2.14. The number of nitrogens with zero attached hydrogens (tertiary/aromatic N) is 1. The molecule has 0 aliphatic carbocycles. The molecule has 0 aromatic heterocycles. The number of nitrogens with two attached hydrogens (primary N) is 1. The number of nitrogens with one attached hydrogen (secondary N) is 2. The number of ether oxygens (including phenoxy) is 2. The number of anilines is 2. The van der Waals surface area contributed by atoms with Crippen LogP contribution in [0.5, 0.6) is 5.75 Å². The first kappa shape index (κ1) is 21.4. The first-order valence-electron chi connectivity index (χ1n) is 9.23. The number of guanidine groups is 1. The van der Waals surface area contributed by atoms with Gasteiger partial charge in [0.05, 0.1) is 12.2 Å². The lowest BCUT2D eigenvalue weighted by molar-refractivity contribution is -0.274. The van der Waals surface area contributed by atoms with Crippen molar-refractivity contribution >= 4 is 23.2 Å². The summed E-state index contributed by atoms with van der Waals surface area (Å²) in [5, 5.41) is 5.40. The summed E-state index contributed by atoms with van der Waals surface area (Å²) in [5.74, 6) is -0.695. The van der Waals surface area contributed by atoms with Gasteiger partial charge in [-0.3, -0.25) is 4.79 Å². The molecule has 3 rings (SSSR count). The largest absolute Gasteiger partial charge is 0.573 e. The Hall–Kier alpha value is -3.27. The summed E-state index contributed by atoms with van der Waals surface area (Å²) in [5.41, 5.74) is 7.19. The predicted octanol–water partition coefficient (Wildman–Crippen LogP) is 3.63. The molecule has 160 valence electrons. The van der Waals surface area contributed by atoms with Gasteiger partial charge in [-0.05, 0) is 42.7 Å². The van der Waals surface area contributed by atoms with Gasteiger partial charge in [-0.25, -0.2) is 4.99 Å². The molecule has 10 heteroatoms. The molecule has 2 aromatic rings. The van der Waals surface area contributed by atoms with Crippen molar-refractivity contribution in [3.63, 3.8) is 0 Å². The second-order valence-corrected chi connectivity index (χ2v) is 6.56. The molecule has 1 atom stereocenters. The number of alkyl halides is 3. The minimum absolute atomic E-state index is 0.0358. The summed E-state index contributed by atoms with van der Waals surface area (Å²) in [6.45, 7) is 0.737. The van der Waals surface area contributed by atoms with Crippen LogP contribution < -0.4 is 21.1 Å². The Morgan fingerprint density at radius 3 is 2.73 bits per heavy atom. The maximum atomic E-state index is 12.5. The summed E-state index contributed by atoms with van der Waals surface area (Å²) < 4.78 is 46.8. The molecule has 0 saturated carbocycles. The predicted molar refractivity (Wildman–Crippen MR) is 106 cm³/mol. The van der Waals surface area contributed by atoms with Crippen LogP contribution in [0.25, 0.3) is 0 Å². The smallest absolute Gasteiger partial charge is 0.404 e. The molecule has 4 N–H and O–H groups in total. The van der Waals surface area contributed by atoms with Crippen LogP contribution in [0.15, 0.2) is 53.5 Å². The number of carbonyl (C=O) groups excluding carboxylic acids is 1. The van der Waals surface area contributed by atoms with E-state index in [0.717, 1.165) is 12.0 Å². The average molecular weight is 422 g/mol. The molecule has 0 radical (unpaired) electrons. The highest BCUT2D eigenvalue weighted by atomic mass is 19.4. The van der Waals surface area contributed by atoms with E-state index in [1.165, 1.54) is 18.2 Å². The van der Waals surface area contributed by atoms with Crippen molar-refractivity contribution in [3.05, 3.63) is 54.1 Å². The normalized spacial score (nSPS) is 16.9. The number of para-hydroxylation sites is 2. The Morgan fingerprint density at radius 1 is 1.20 bits per heavy atom. The van der Waals surface area contributed by atoms with Crippen LogP contribution in [0.1, 0.15) is 18.4 Å². The Balaban J connectivity index is 1.61. The molecular formula is C20H21F3N4O3. The van der Waals surface area contributed by atoms with E-state index in [1.54, 1.807) is 30.3 Å². The van der Waals surface area contributed by atoms with E-state index in [4.69, 9.17) is 10.5 Å². The lowest BCUT2D eigenvalue weighted by atomic mass is 10.2. The molecule has 2 aromatic carbocycles. The van der Waals surface area contributed by atoms with Crippen molar-refractivity contribution in [2.24, 2.45) is 10.7 Å². The lowest BCUT2D eigenvalue weighted by Crippen LogP contribution is -2.26. The Kier molecular flexibility index (Phi) is 6.78. The van der Waals surface area contributed by atoms with E-state index in [0.29, 0.717) is 18.7 Å². The van der Waals surface area contributed by atoms with Gasteiger partial charge in [-0.2, -0.15) is 0 Å². The molecule has 1 aliphatic heterocycles. The van der Waals surface area contributed by atoms with Crippen LogP contribution >= 0.6 is 0 Å². The number of hydrogen-bond donors (Lipinski definition) is 3. The van der Waals surface area contributed by atoms with E-state index in [9.17, 15) is 18.0 Å². The van der Waals surface area contributed by atoms with Gasteiger partial charge >= 0.3 is 6.36 Å². The number of rotatable bonds is 6. The molecule has 1 saturated heterocycles. The van der Waals surface area contributed by atoms with Gasteiger partial charge in [0.25, 0.3) is 5.91 Å². The zero-order chi connectivity index (χ0) is 21.6. The molecule has 30 heavy (non-hydrogen) atoms. The molecular weight excluding hydrogens is 401 g/mol. The van der Waals surface area contributed by atoms with Crippen molar-refractivity contribution in [2.75, 3.05) is 17.2 Å². The third-order valence-electron chi connectivity index (χ3n) is 4.22. The molecule has 1 unspecified atom stereocenters. The maximum absolute atomic E-state index is 12.5. The Morgan fingerprint density at radius 2 is 2.00 bits per heavy atom. The van der Waals surface area contributed by atoms with Crippen LogP contribution in [0.2, 0.25) is 0 Å². The van der Waals surface area contributed by atoms with Crippen LogP contribution in [0.4, 0.5) is 24.5 Å². The minimum atomic E-state index is -4.82. The number of amides is 1.